The van der Waals surface area contributed by atoms with Gasteiger partial charge >= 0.3 is 0 Å². The van der Waals surface area contributed by atoms with E-state index in [1.807, 2.05) is 13.0 Å². The molecule has 0 saturated carbocycles. The highest BCUT2D eigenvalue weighted by Gasteiger charge is 2.16. The zero-order valence-corrected chi connectivity index (χ0v) is 14.3. The quantitative estimate of drug-likeness (QED) is 0.867. The first kappa shape index (κ1) is 17.3. The van der Waals surface area contributed by atoms with Crippen LogP contribution in [0.4, 0.5) is 5.69 Å². The van der Waals surface area contributed by atoms with Gasteiger partial charge in [-0.15, -0.1) is 0 Å². The van der Waals surface area contributed by atoms with Gasteiger partial charge in [0.2, 0.25) is 10.0 Å². The van der Waals surface area contributed by atoms with Crippen molar-refractivity contribution in [1.82, 2.24) is 5.32 Å². The van der Waals surface area contributed by atoms with Crippen LogP contribution in [0.5, 0.6) is 0 Å². The van der Waals surface area contributed by atoms with Gasteiger partial charge in [0, 0.05) is 5.02 Å². The summed E-state index contributed by atoms with van der Waals surface area (Å²) in [6.45, 7) is 1.83. The van der Waals surface area contributed by atoms with Crippen LogP contribution in [0.1, 0.15) is 28.9 Å². The van der Waals surface area contributed by atoms with Gasteiger partial charge in [0.05, 0.1) is 23.5 Å². The van der Waals surface area contributed by atoms with Crippen molar-refractivity contribution in [2.45, 2.75) is 13.0 Å². The van der Waals surface area contributed by atoms with Crippen molar-refractivity contribution in [3.63, 3.8) is 0 Å². The average molecular weight is 353 g/mol. The molecule has 0 spiro atoms. The van der Waals surface area contributed by atoms with E-state index in [1.165, 1.54) is 0 Å². The molecule has 1 amide bonds. The van der Waals surface area contributed by atoms with Crippen molar-refractivity contribution in [3.05, 3.63) is 64.7 Å². The van der Waals surface area contributed by atoms with E-state index in [0.717, 1.165) is 11.8 Å². The molecule has 0 aliphatic carbocycles. The molecule has 2 aromatic carbocycles. The number of hydrogen-bond acceptors (Lipinski definition) is 3. The molecule has 0 radical (unpaired) electrons. The number of anilines is 1. The summed E-state index contributed by atoms with van der Waals surface area (Å²) in [7, 11) is -3.47. The summed E-state index contributed by atoms with van der Waals surface area (Å²) in [6.07, 6.45) is 1.04. The summed E-state index contributed by atoms with van der Waals surface area (Å²) in [5.74, 6) is -0.371. The number of nitrogens with one attached hydrogen (secondary N) is 2. The molecular weight excluding hydrogens is 336 g/mol. The normalized spacial score (nSPS) is 12.5. The lowest BCUT2D eigenvalue weighted by Gasteiger charge is -2.16. The summed E-state index contributed by atoms with van der Waals surface area (Å²) in [5.41, 5.74) is 1.36. The molecule has 0 saturated heterocycles. The molecular formula is C16H17ClN2O3S. The number of rotatable bonds is 5. The number of halogens is 1. The molecule has 0 unspecified atom stereocenters. The highest BCUT2D eigenvalue weighted by atomic mass is 35.5. The van der Waals surface area contributed by atoms with Crippen LogP contribution in [0.2, 0.25) is 5.02 Å². The van der Waals surface area contributed by atoms with Crippen molar-refractivity contribution >= 4 is 33.2 Å². The van der Waals surface area contributed by atoms with Gasteiger partial charge in [-0.05, 0) is 36.8 Å². The Balaban J connectivity index is 2.21. The third kappa shape index (κ3) is 4.97. The Bertz CT molecular complexity index is 822. The molecule has 5 nitrogen and oxygen atoms in total. The van der Waals surface area contributed by atoms with Gasteiger partial charge in [0.15, 0.2) is 0 Å². The number of benzene rings is 2. The Morgan fingerprint density at radius 3 is 2.48 bits per heavy atom. The molecule has 0 heterocycles. The van der Waals surface area contributed by atoms with Crippen LogP contribution in [-0.4, -0.2) is 20.6 Å². The molecule has 23 heavy (non-hydrogen) atoms. The maximum atomic E-state index is 12.4. The fraction of sp³-hybridized carbons (Fsp3) is 0.188. The monoisotopic (exact) mass is 352 g/mol. The van der Waals surface area contributed by atoms with Gasteiger partial charge in [-0.2, -0.15) is 0 Å². The summed E-state index contributed by atoms with van der Waals surface area (Å²) in [5, 5.41) is 3.42. The van der Waals surface area contributed by atoms with Crippen molar-refractivity contribution in [2.24, 2.45) is 0 Å². The first-order valence-electron chi connectivity index (χ1n) is 6.89. The summed E-state index contributed by atoms with van der Waals surface area (Å²) in [6, 6.07) is 13.4. The first-order chi connectivity index (χ1) is 10.8. The van der Waals surface area contributed by atoms with Crippen LogP contribution in [0.25, 0.3) is 0 Å². The first-order valence-corrected chi connectivity index (χ1v) is 9.16. The standard InChI is InChI=1S/C16H17ClN2O3S/c1-11(12-6-5-7-13(17)10-12)18-16(20)14-8-3-4-9-15(14)19-23(2,21)22/h3-11,19H,1-2H3,(H,18,20)/t11-/m0/s1. The molecule has 2 rings (SSSR count). The second-order valence-corrected chi connectivity index (χ2v) is 7.35. The van der Waals surface area contributed by atoms with Crippen molar-refractivity contribution in [2.75, 3.05) is 11.0 Å². The molecule has 0 fully saturated rings. The van der Waals surface area contributed by atoms with Gasteiger partial charge < -0.3 is 5.32 Å². The lowest BCUT2D eigenvalue weighted by Crippen LogP contribution is -2.27. The fourth-order valence-corrected chi connectivity index (χ4v) is 2.88. The Labute approximate surface area is 140 Å². The van der Waals surface area contributed by atoms with E-state index in [-0.39, 0.29) is 23.2 Å². The van der Waals surface area contributed by atoms with E-state index in [1.54, 1.807) is 42.5 Å². The van der Waals surface area contributed by atoms with Crippen molar-refractivity contribution in [1.29, 1.82) is 0 Å². The molecule has 1 atom stereocenters. The maximum Gasteiger partial charge on any atom is 0.253 e. The highest BCUT2D eigenvalue weighted by Crippen LogP contribution is 2.20. The van der Waals surface area contributed by atoms with Crippen LogP contribution < -0.4 is 10.0 Å². The number of para-hydroxylation sites is 1. The van der Waals surface area contributed by atoms with Crippen LogP contribution >= 0.6 is 11.6 Å². The number of sulfonamides is 1. The van der Waals surface area contributed by atoms with E-state index in [9.17, 15) is 13.2 Å². The van der Waals surface area contributed by atoms with Crippen LogP contribution in [0.3, 0.4) is 0 Å². The molecule has 0 aromatic heterocycles. The number of carbonyl (C=O) groups is 1. The van der Waals surface area contributed by atoms with Crippen LogP contribution in [0.15, 0.2) is 48.5 Å². The van der Waals surface area contributed by atoms with E-state index < -0.39 is 10.0 Å². The predicted octanol–water partition coefficient (Wildman–Crippen LogP) is 3.20. The fourth-order valence-electron chi connectivity index (χ4n) is 2.10. The topological polar surface area (TPSA) is 75.3 Å². The maximum absolute atomic E-state index is 12.4. The second kappa shape index (κ2) is 7.02. The molecule has 0 aliphatic rings. The predicted molar refractivity (Wildman–Crippen MR) is 92.2 cm³/mol. The molecule has 2 N–H and O–H groups in total. The minimum Gasteiger partial charge on any atom is -0.345 e. The lowest BCUT2D eigenvalue weighted by atomic mass is 10.1. The Hall–Kier alpha value is -2.05. The molecule has 0 aliphatic heterocycles. The zero-order chi connectivity index (χ0) is 17.0. The number of carbonyl (C=O) groups excluding carboxylic acids is 1. The summed E-state index contributed by atoms with van der Waals surface area (Å²) < 4.78 is 25.1. The average Bonchev–Trinajstić information content (AvgIpc) is 2.46. The van der Waals surface area contributed by atoms with Crippen LogP contribution in [0, 0.1) is 0 Å². The third-order valence-corrected chi connectivity index (χ3v) is 3.99. The third-order valence-electron chi connectivity index (χ3n) is 3.16. The lowest BCUT2D eigenvalue weighted by molar-refractivity contribution is 0.0941. The van der Waals surface area contributed by atoms with Crippen LogP contribution in [-0.2, 0) is 10.0 Å². The molecule has 7 heteroatoms. The minimum absolute atomic E-state index is 0.241. The zero-order valence-electron chi connectivity index (χ0n) is 12.7. The summed E-state index contributed by atoms with van der Waals surface area (Å²) >= 11 is 5.95. The second-order valence-electron chi connectivity index (χ2n) is 5.17. The molecule has 2 aromatic rings. The van der Waals surface area contributed by atoms with Crippen molar-refractivity contribution < 1.29 is 13.2 Å². The number of amides is 1. The Morgan fingerprint density at radius 2 is 1.83 bits per heavy atom. The van der Waals surface area contributed by atoms with E-state index in [2.05, 4.69) is 10.0 Å². The van der Waals surface area contributed by atoms with E-state index in [4.69, 9.17) is 11.6 Å². The van der Waals surface area contributed by atoms with E-state index >= 15 is 0 Å². The van der Waals surface area contributed by atoms with E-state index in [0.29, 0.717) is 5.02 Å². The van der Waals surface area contributed by atoms with Crippen molar-refractivity contribution in [3.8, 4) is 0 Å². The largest absolute Gasteiger partial charge is 0.345 e. The summed E-state index contributed by atoms with van der Waals surface area (Å²) in [4.78, 5) is 12.4. The Morgan fingerprint density at radius 1 is 1.13 bits per heavy atom. The minimum atomic E-state index is -3.47. The smallest absolute Gasteiger partial charge is 0.253 e. The molecule has 122 valence electrons. The van der Waals surface area contributed by atoms with Gasteiger partial charge in [0.25, 0.3) is 5.91 Å². The highest BCUT2D eigenvalue weighted by molar-refractivity contribution is 7.92. The Kier molecular flexibility index (Phi) is 5.28. The number of hydrogen-bond donors (Lipinski definition) is 2. The SMILES string of the molecule is C[C@H](NC(=O)c1ccccc1NS(C)(=O)=O)c1cccc(Cl)c1. The van der Waals surface area contributed by atoms with Gasteiger partial charge in [0.1, 0.15) is 0 Å². The molecule has 0 bridgehead atoms. The van der Waals surface area contributed by atoms with Gasteiger partial charge in [-0.25, -0.2) is 8.42 Å². The van der Waals surface area contributed by atoms with Gasteiger partial charge in [-0.1, -0.05) is 35.9 Å². The van der Waals surface area contributed by atoms with Gasteiger partial charge in [-0.3, -0.25) is 9.52 Å².